The van der Waals surface area contributed by atoms with Gasteiger partial charge in [-0.05, 0) is 147 Å². The van der Waals surface area contributed by atoms with E-state index in [1.807, 2.05) is 22.7 Å². The highest BCUT2D eigenvalue weighted by Gasteiger charge is 2.46. The Morgan fingerprint density at radius 2 is 1.10 bits per heavy atom. The maximum Gasteiger partial charge on any atom is 0.264 e. The fraction of sp³-hybridized carbons (Fsp3) is 0.259. The van der Waals surface area contributed by atoms with E-state index in [0.717, 1.165) is 0 Å². The summed E-state index contributed by atoms with van der Waals surface area (Å²) in [6.07, 6.45) is 0. The van der Waals surface area contributed by atoms with E-state index in [1.165, 1.54) is 108 Å². The molecule has 6 aromatic carbocycles. The minimum atomic E-state index is 0.00367. The van der Waals surface area contributed by atoms with E-state index in [-0.39, 0.29) is 23.0 Å². The maximum absolute atomic E-state index is 2.66. The predicted octanol–water partition coefficient (Wildman–Crippen LogP) is 14.4. The summed E-state index contributed by atoms with van der Waals surface area (Å²) in [6.45, 7) is 25.7. The van der Waals surface area contributed by atoms with Crippen molar-refractivity contribution < 1.29 is 0 Å². The number of nitrogens with zero attached hydrogens (tertiary/aromatic N) is 2. The Morgan fingerprint density at radius 3 is 1.76 bits per heavy atom. The standard InChI is InChI=1S/C54H53BN2S2/c1-32-27-35(47-29-34-15-12-13-18-45(34)58-47)28-33(2)49(32)57-44-17-14-16-43-48(44)55(51-50(57)40-30-37(53(6,7)8)22-26-46(40)59-51)41-31-38(54(9,10)11)21-25-42(41)56(43)39-23-19-36(20-24-39)52(3,4)5/h12-31H,1-11H3. The minimum Gasteiger partial charge on any atom is -0.311 e. The Kier molecular flexibility index (Phi) is 8.53. The molecule has 0 radical (unpaired) electrons. The second-order valence-electron chi connectivity index (χ2n) is 20.0. The summed E-state index contributed by atoms with van der Waals surface area (Å²) in [6, 6.07) is 46.9. The van der Waals surface area contributed by atoms with Crippen molar-refractivity contribution in [2.75, 3.05) is 9.80 Å². The molecule has 10 rings (SSSR count). The molecule has 0 saturated heterocycles. The molecule has 294 valence electrons. The third kappa shape index (κ3) is 6.10. The number of aryl methyl sites for hydroxylation is 2. The van der Waals surface area contributed by atoms with Crippen LogP contribution in [-0.4, -0.2) is 6.71 Å². The van der Waals surface area contributed by atoms with Crippen molar-refractivity contribution in [2.45, 2.75) is 92.4 Å². The van der Waals surface area contributed by atoms with Gasteiger partial charge in [0.2, 0.25) is 0 Å². The van der Waals surface area contributed by atoms with Gasteiger partial charge in [0.05, 0.1) is 11.4 Å². The zero-order valence-electron chi connectivity index (χ0n) is 36.3. The van der Waals surface area contributed by atoms with Gasteiger partial charge in [-0.25, -0.2) is 0 Å². The van der Waals surface area contributed by atoms with E-state index in [0.29, 0.717) is 0 Å². The number of benzene rings is 6. The molecule has 0 unspecified atom stereocenters. The van der Waals surface area contributed by atoms with Crippen LogP contribution in [0.4, 0.5) is 34.1 Å². The Balaban J connectivity index is 1.27. The largest absolute Gasteiger partial charge is 0.311 e. The fourth-order valence-corrected chi connectivity index (χ4v) is 11.9. The van der Waals surface area contributed by atoms with E-state index < -0.39 is 0 Å². The van der Waals surface area contributed by atoms with Crippen LogP contribution in [0.15, 0.2) is 121 Å². The molecule has 2 aliphatic rings. The van der Waals surface area contributed by atoms with Crippen LogP contribution in [0, 0.1) is 13.8 Å². The second-order valence-corrected chi connectivity index (χ2v) is 22.2. The average molecular weight is 805 g/mol. The molecular formula is C54H53BN2S2. The lowest BCUT2D eigenvalue weighted by Crippen LogP contribution is -2.60. The van der Waals surface area contributed by atoms with Crippen LogP contribution in [0.5, 0.6) is 0 Å². The summed E-state index contributed by atoms with van der Waals surface area (Å²) in [5.41, 5.74) is 18.4. The average Bonchev–Trinajstić information content (AvgIpc) is 3.79. The highest BCUT2D eigenvalue weighted by molar-refractivity contribution is 7.33. The molecule has 4 heterocycles. The number of fused-ring (bicyclic) bond motifs is 7. The predicted molar refractivity (Wildman–Crippen MR) is 262 cm³/mol. The van der Waals surface area contributed by atoms with Crippen LogP contribution in [0.3, 0.4) is 0 Å². The van der Waals surface area contributed by atoms with Gasteiger partial charge in [-0.3, -0.25) is 0 Å². The van der Waals surface area contributed by atoms with E-state index >= 15 is 0 Å². The third-order valence-corrected chi connectivity index (χ3v) is 15.1. The topological polar surface area (TPSA) is 6.48 Å². The van der Waals surface area contributed by atoms with E-state index in [4.69, 9.17) is 0 Å². The van der Waals surface area contributed by atoms with Gasteiger partial charge < -0.3 is 9.80 Å². The van der Waals surface area contributed by atoms with Crippen LogP contribution in [0.2, 0.25) is 0 Å². The quantitative estimate of drug-likeness (QED) is 0.164. The van der Waals surface area contributed by atoms with E-state index in [9.17, 15) is 0 Å². The summed E-state index contributed by atoms with van der Waals surface area (Å²) in [4.78, 5) is 6.52. The molecule has 0 amide bonds. The van der Waals surface area contributed by atoms with Crippen LogP contribution < -0.4 is 25.5 Å². The normalized spacial score (nSPS) is 13.9. The molecule has 0 saturated carbocycles. The summed E-state index contributed by atoms with van der Waals surface area (Å²) >= 11 is 3.88. The Hall–Kier alpha value is -5.10. The van der Waals surface area contributed by atoms with E-state index in [1.54, 1.807) is 0 Å². The first-order valence-electron chi connectivity index (χ1n) is 21.1. The van der Waals surface area contributed by atoms with Gasteiger partial charge in [0.15, 0.2) is 0 Å². The maximum atomic E-state index is 2.66. The van der Waals surface area contributed by atoms with Gasteiger partial charge in [0.25, 0.3) is 6.71 Å². The third-order valence-electron chi connectivity index (χ3n) is 12.7. The number of anilines is 6. The van der Waals surface area contributed by atoms with Crippen molar-refractivity contribution in [3.8, 4) is 10.4 Å². The zero-order valence-corrected chi connectivity index (χ0v) is 38.0. The molecule has 2 aromatic heterocycles. The first kappa shape index (κ1) is 38.1. The van der Waals surface area contributed by atoms with Crippen molar-refractivity contribution in [2.24, 2.45) is 0 Å². The summed E-state index contributed by atoms with van der Waals surface area (Å²) in [7, 11) is 0. The summed E-state index contributed by atoms with van der Waals surface area (Å²) < 4.78 is 4.10. The Bertz CT molecular complexity index is 2920. The van der Waals surface area contributed by atoms with Crippen molar-refractivity contribution in [3.63, 3.8) is 0 Å². The lowest BCUT2D eigenvalue weighted by molar-refractivity contribution is 0.590. The van der Waals surface area contributed by atoms with Crippen molar-refractivity contribution >= 4 is 99.4 Å². The smallest absolute Gasteiger partial charge is 0.264 e. The monoisotopic (exact) mass is 804 g/mol. The molecule has 0 fully saturated rings. The molecule has 8 aromatic rings. The van der Waals surface area contributed by atoms with E-state index in [2.05, 4.69) is 207 Å². The second kappa shape index (κ2) is 13.2. The first-order chi connectivity index (χ1) is 28.0. The fourth-order valence-electron chi connectivity index (χ4n) is 9.55. The molecule has 0 atom stereocenters. The van der Waals surface area contributed by atoms with Crippen LogP contribution in [-0.2, 0) is 16.2 Å². The molecule has 0 aliphatic carbocycles. The molecule has 59 heavy (non-hydrogen) atoms. The van der Waals surface area contributed by atoms with Gasteiger partial charge in [0, 0.05) is 47.2 Å². The summed E-state index contributed by atoms with van der Waals surface area (Å²) in [5.74, 6) is 0. The zero-order chi connectivity index (χ0) is 41.3. The van der Waals surface area contributed by atoms with Gasteiger partial charge in [0.1, 0.15) is 0 Å². The molecule has 0 bridgehead atoms. The summed E-state index contributed by atoms with van der Waals surface area (Å²) in [5, 5.41) is 2.65. The van der Waals surface area contributed by atoms with Crippen LogP contribution >= 0.6 is 22.7 Å². The highest BCUT2D eigenvalue weighted by atomic mass is 32.1. The van der Waals surface area contributed by atoms with Gasteiger partial charge in [-0.1, -0.05) is 117 Å². The van der Waals surface area contributed by atoms with Gasteiger partial charge in [-0.2, -0.15) is 0 Å². The SMILES string of the molecule is Cc1cc(-c2cc3ccccc3s2)cc(C)c1N1c2cccc3c2B(c2cc(C(C)(C)C)ccc2N3c2ccc(C(C)(C)C)cc2)c2sc3ccc(C(C)(C)C)cc3c21. The number of rotatable bonds is 3. The molecule has 0 N–H and O–H groups in total. The van der Waals surface area contributed by atoms with Crippen LogP contribution in [0.25, 0.3) is 30.6 Å². The molecule has 2 aliphatic heterocycles. The molecular weight excluding hydrogens is 752 g/mol. The number of thiophene rings is 2. The van der Waals surface area contributed by atoms with Crippen molar-refractivity contribution in [1.82, 2.24) is 0 Å². The Morgan fingerprint density at radius 1 is 0.492 bits per heavy atom. The number of hydrogen-bond acceptors (Lipinski definition) is 4. The van der Waals surface area contributed by atoms with Gasteiger partial charge >= 0.3 is 0 Å². The van der Waals surface area contributed by atoms with Crippen molar-refractivity contribution in [1.29, 1.82) is 0 Å². The molecule has 0 spiro atoms. The van der Waals surface area contributed by atoms with Crippen LogP contribution in [0.1, 0.15) is 90.1 Å². The molecule has 2 nitrogen and oxygen atoms in total. The van der Waals surface area contributed by atoms with Crippen molar-refractivity contribution in [3.05, 3.63) is 149 Å². The molecule has 5 heteroatoms. The number of hydrogen-bond donors (Lipinski definition) is 0. The Labute approximate surface area is 359 Å². The first-order valence-corrected chi connectivity index (χ1v) is 22.8. The lowest BCUT2D eigenvalue weighted by Gasteiger charge is -2.44. The highest BCUT2D eigenvalue weighted by Crippen LogP contribution is 2.50. The van der Waals surface area contributed by atoms with Gasteiger partial charge in [-0.15, -0.1) is 22.7 Å². The minimum absolute atomic E-state index is 0.00367. The lowest BCUT2D eigenvalue weighted by atomic mass is 9.36.